The lowest BCUT2D eigenvalue weighted by molar-refractivity contribution is -0.124. The van der Waals surface area contributed by atoms with Crippen LogP contribution in [0.15, 0.2) is 76.5 Å². The molecule has 9 nitrogen and oxygen atoms in total. The summed E-state index contributed by atoms with van der Waals surface area (Å²) in [6, 6.07) is 16.2. The number of ketones is 1. The SMILES string of the molecule is O=C1CN(C(=O)COC(=O)c2ccc3c(c2)S(=O)(=O)c2ccccc2C3=O)c2ccccc2N1. The van der Waals surface area contributed by atoms with E-state index in [2.05, 4.69) is 5.32 Å². The van der Waals surface area contributed by atoms with Gasteiger partial charge in [0.25, 0.3) is 5.91 Å². The normalized spacial score (nSPS) is 15.5. The van der Waals surface area contributed by atoms with Gasteiger partial charge >= 0.3 is 5.97 Å². The third-order valence-electron chi connectivity index (χ3n) is 5.57. The maximum Gasteiger partial charge on any atom is 0.338 e. The minimum atomic E-state index is -4.03. The second-order valence-corrected chi connectivity index (χ2v) is 9.55. The maximum absolute atomic E-state index is 13.0. The van der Waals surface area contributed by atoms with Crippen molar-refractivity contribution in [2.24, 2.45) is 0 Å². The molecule has 2 heterocycles. The number of nitrogens with zero attached hydrogens (tertiary/aromatic N) is 1. The highest BCUT2D eigenvalue weighted by Crippen LogP contribution is 2.35. The van der Waals surface area contributed by atoms with E-state index < -0.39 is 34.1 Å². The number of rotatable bonds is 3. The molecule has 0 aliphatic carbocycles. The lowest BCUT2D eigenvalue weighted by Gasteiger charge is -2.28. The first-order chi connectivity index (χ1) is 16.3. The lowest BCUT2D eigenvalue weighted by atomic mass is 10.0. The van der Waals surface area contributed by atoms with Crippen molar-refractivity contribution < 1.29 is 32.3 Å². The number of esters is 1. The minimum absolute atomic E-state index is 0.0396. The first kappa shape index (κ1) is 21.5. The average molecular weight is 476 g/mol. The Labute approximate surface area is 193 Å². The number of carbonyl (C=O) groups is 4. The summed E-state index contributed by atoms with van der Waals surface area (Å²) >= 11 is 0. The molecule has 1 N–H and O–H groups in total. The van der Waals surface area contributed by atoms with Crippen LogP contribution in [0.2, 0.25) is 0 Å². The molecule has 0 atom stereocenters. The average Bonchev–Trinajstić information content (AvgIpc) is 2.85. The topological polar surface area (TPSA) is 127 Å². The molecule has 3 aromatic carbocycles. The number of nitrogens with one attached hydrogen (secondary N) is 1. The number of para-hydroxylation sites is 2. The van der Waals surface area contributed by atoms with Crippen LogP contribution < -0.4 is 10.2 Å². The Morgan fingerprint density at radius 3 is 2.44 bits per heavy atom. The van der Waals surface area contributed by atoms with E-state index in [1.54, 1.807) is 30.3 Å². The number of amides is 2. The maximum atomic E-state index is 13.0. The monoisotopic (exact) mass is 476 g/mol. The van der Waals surface area contributed by atoms with Crippen LogP contribution >= 0.6 is 0 Å². The van der Waals surface area contributed by atoms with Crippen molar-refractivity contribution in [1.82, 2.24) is 0 Å². The molecular weight excluding hydrogens is 460 g/mol. The molecule has 0 radical (unpaired) electrons. The summed E-state index contributed by atoms with van der Waals surface area (Å²) < 4.78 is 31.2. The molecule has 3 aromatic rings. The summed E-state index contributed by atoms with van der Waals surface area (Å²) in [4.78, 5) is 50.7. The van der Waals surface area contributed by atoms with Crippen LogP contribution in [0.4, 0.5) is 11.4 Å². The van der Waals surface area contributed by atoms with Gasteiger partial charge in [-0.15, -0.1) is 0 Å². The van der Waals surface area contributed by atoms with Crippen LogP contribution in [0.5, 0.6) is 0 Å². The number of carbonyl (C=O) groups excluding carboxylic acids is 4. The molecular formula is C24H16N2O7S. The zero-order chi connectivity index (χ0) is 24.0. The summed E-state index contributed by atoms with van der Waals surface area (Å²) in [5, 5.41) is 2.66. The van der Waals surface area contributed by atoms with Gasteiger partial charge < -0.3 is 10.1 Å². The van der Waals surface area contributed by atoms with E-state index in [-0.39, 0.29) is 38.9 Å². The Morgan fingerprint density at radius 1 is 0.912 bits per heavy atom. The Hall–Kier alpha value is -4.31. The first-order valence-electron chi connectivity index (χ1n) is 10.2. The van der Waals surface area contributed by atoms with E-state index in [0.29, 0.717) is 11.4 Å². The number of fused-ring (bicyclic) bond motifs is 3. The zero-order valence-corrected chi connectivity index (χ0v) is 18.3. The highest BCUT2D eigenvalue weighted by molar-refractivity contribution is 7.91. The van der Waals surface area contributed by atoms with Gasteiger partial charge in [-0.1, -0.05) is 24.3 Å². The molecule has 0 spiro atoms. The van der Waals surface area contributed by atoms with E-state index in [4.69, 9.17) is 4.74 Å². The van der Waals surface area contributed by atoms with Crippen LogP contribution in [0.1, 0.15) is 26.3 Å². The molecule has 170 valence electrons. The summed E-state index contributed by atoms with van der Waals surface area (Å²) in [6.07, 6.45) is 0. The fourth-order valence-corrected chi connectivity index (χ4v) is 5.63. The van der Waals surface area contributed by atoms with E-state index in [0.717, 1.165) is 6.07 Å². The summed E-state index contributed by atoms with van der Waals surface area (Å²) in [7, 11) is -4.03. The molecule has 0 saturated heterocycles. The second-order valence-electron chi connectivity index (χ2n) is 7.66. The Bertz CT molecular complexity index is 1510. The van der Waals surface area contributed by atoms with Gasteiger partial charge in [0.15, 0.2) is 12.4 Å². The molecule has 0 aromatic heterocycles. The number of benzene rings is 3. The number of sulfone groups is 1. The van der Waals surface area contributed by atoms with Gasteiger partial charge in [0, 0.05) is 11.1 Å². The van der Waals surface area contributed by atoms with Crippen molar-refractivity contribution in [3.63, 3.8) is 0 Å². The smallest absolute Gasteiger partial charge is 0.338 e. The van der Waals surface area contributed by atoms with Crippen LogP contribution in [0, 0.1) is 0 Å². The van der Waals surface area contributed by atoms with Crippen LogP contribution in [0.25, 0.3) is 0 Å². The lowest BCUT2D eigenvalue weighted by Crippen LogP contribution is -2.44. The molecule has 34 heavy (non-hydrogen) atoms. The number of hydrogen-bond acceptors (Lipinski definition) is 7. The van der Waals surface area contributed by atoms with E-state index in [1.807, 2.05) is 0 Å². The predicted octanol–water partition coefficient (Wildman–Crippen LogP) is 2.21. The van der Waals surface area contributed by atoms with Gasteiger partial charge in [0.2, 0.25) is 15.7 Å². The molecule has 5 rings (SSSR count). The predicted molar refractivity (Wildman–Crippen MR) is 119 cm³/mol. The largest absolute Gasteiger partial charge is 0.452 e. The number of ether oxygens (including phenoxy) is 1. The van der Waals surface area contributed by atoms with Crippen molar-refractivity contribution in [2.45, 2.75) is 9.79 Å². The van der Waals surface area contributed by atoms with Crippen molar-refractivity contribution in [2.75, 3.05) is 23.4 Å². The molecule has 0 unspecified atom stereocenters. The molecule has 2 amide bonds. The van der Waals surface area contributed by atoms with E-state index >= 15 is 0 Å². The summed E-state index contributed by atoms with van der Waals surface area (Å²) in [5.74, 6) is -2.40. The van der Waals surface area contributed by atoms with Crippen molar-refractivity contribution in [3.05, 3.63) is 83.4 Å². The minimum Gasteiger partial charge on any atom is -0.452 e. The highest BCUT2D eigenvalue weighted by Gasteiger charge is 2.35. The van der Waals surface area contributed by atoms with E-state index in [9.17, 15) is 27.6 Å². The zero-order valence-electron chi connectivity index (χ0n) is 17.5. The number of anilines is 2. The van der Waals surface area contributed by atoms with Gasteiger partial charge in [-0.2, -0.15) is 0 Å². The molecule has 0 saturated carbocycles. The summed E-state index contributed by atoms with van der Waals surface area (Å²) in [6.45, 7) is -0.891. The second kappa shape index (κ2) is 7.92. The van der Waals surface area contributed by atoms with Gasteiger partial charge in [-0.3, -0.25) is 19.3 Å². The van der Waals surface area contributed by atoms with Gasteiger partial charge in [-0.25, -0.2) is 13.2 Å². The molecule has 10 heteroatoms. The molecule has 0 fully saturated rings. The Balaban J connectivity index is 1.37. The third-order valence-corrected chi connectivity index (χ3v) is 7.42. The van der Waals surface area contributed by atoms with Gasteiger partial charge in [0.1, 0.15) is 6.54 Å². The fourth-order valence-electron chi connectivity index (χ4n) is 3.96. The van der Waals surface area contributed by atoms with Crippen LogP contribution in [0.3, 0.4) is 0 Å². The molecule has 0 bridgehead atoms. The van der Waals surface area contributed by atoms with Crippen molar-refractivity contribution >= 4 is 44.8 Å². The highest BCUT2D eigenvalue weighted by atomic mass is 32.2. The quantitative estimate of drug-likeness (QED) is 0.449. The fraction of sp³-hybridized carbons (Fsp3) is 0.0833. The van der Waals surface area contributed by atoms with Gasteiger partial charge in [-0.05, 0) is 42.5 Å². The standard InChI is InChI=1S/C24H16N2O7S/c27-21-12-26(18-7-3-2-6-17(18)25-21)22(28)13-33-24(30)14-9-10-16-20(11-14)34(31,32)19-8-4-1-5-15(19)23(16)29/h1-11H,12-13H2,(H,25,27). The molecule has 2 aliphatic heterocycles. The van der Waals surface area contributed by atoms with E-state index in [1.165, 1.54) is 35.2 Å². The van der Waals surface area contributed by atoms with Crippen molar-refractivity contribution in [1.29, 1.82) is 0 Å². The Morgan fingerprint density at radius 2 is 1.62 bits per heavy atom. The first-order valence-corrected chi connectivity index (χ1v) is 11.6. The van der Waals surface area contributed by atoms with Gasteiger partial charge in [0.05, 0.1) is 26.7 Å². The molecule has 2 aliphatic rings. The van der Waals surface area contributed by atoms with Crippen LogP contribution in [-0.2, 0) is 24.2 Å². The van der Waals surface area contributed by atoms with Crippen molar-refractivity contribution in [3.8, 4) is 0 Å². The van der Waals surface area contributed by atoms with Crippen LogP contribution in [-0.4, -0.2) is 45.1 Å². The third kappa shape index (κ3) is 3.44. The summed E-state index contributed by atoms with van der Waals surface area (Å²) in [5.41, 5.74) is 0.839. The number of hydrogen-bond donors (Lipinski definition) is 1. The Kier molecular flexibility index (Phi) is 5.02.